The number of benzene rings is 1. The Kier molecular flexibility index (Phi) is 5.96. The van der Waals surface area contributed by atoms with E-state index in [2.05, 4.69) is 59.0 Å². The topological polar surface area (TPSA) is 42.2 Å². The highest BCUT2D eigenvalue weighted by Crippen LogP contribution is 2.11. The van der Waals surface area contributed by atoms with Crippen molar-refractivity contribution in [1.29, 1.82) is 0 Å². The molecule has 0 bridgehead atoms. The summed E-state index contributed by atoms with van der Waals surface area (Å²) in [5, 5.41) is 0. The van der Waals surface area contributed by atoms with E-state index in [1.165, 1.54) is 11.1 Å². The number of hydrogen-bond acceptors (Lipinski definition) is 3. The molecule has 3 nitrogen and oxygen atoms in total. The van der Waals surface area contributed by atoms with Crippen LogP contribution in [-0.4, -0.2) is 23.0 Å². The molecule has 0 spiro atoms. The van der Waals surface area contributed by atoms with Gasteiger partial charge in [-0.2, -0.15) is 0 Å². The second-order valence-corrected chi connectivity index (χ2v) is 4.87. The molecule has 0 fully saturated rings. The van der Waals surface area contributed by atoms with Gasteiger partial charge in [0.25, 0.3) is 0 Å². The van der Waals surface area contributed by atoms with Crippen LogP contribution >= 0.6 is 0 Å². The van der Waals surface area contributed by atoms with Crippen molar-refractivity contribution in [2.75, 3.05) is 13.1 Å². The maximum atomic E-state index is 5.42. The minimum atomic E-state index is 0.396. The zero-order valence-corrected chi connectivity index (χ0v) is 12.4. The zero-order chi connectivity index (χ0) is 14.9. The van der Waals surface area contributed by atoms with Crippen LogP contribution in [0.4, 0.5) is 0 Å². The Morgan fingerprint density at radius 2 is 1.86 bits per heavy atom. The van der Waals surface area contributed by atoms with Crippen molar-refractivity contribution in [3.8, 4) is 11.8 Å². The summed E-state index contributed by atoms with van der Waals surface area (Å²) < 4.78 is 0. The van der Waals surface area contributed by atoms with Gasteiger partial charge in [0.05, 0.1) is 6.54 Å². The summed E-state index contributed by atoms with van der Waals surface area (Å²) in [5.41, 5.74) is 9.00. The third kappa shape index (κ3) is 5.03. The smallest absolute Gasteiger partial charge is 0.0555 e. The van der Waals surface area contributed by atoms with E-state index >= 15 is 0 Å². The standard InChI is InChI=1S/C18H21N3/c1-2-21(14-17-8-11-20-12-9-17)15-18-6-3-5-16(13-18)7-4-10-19/h3,5-6,8-9,11-13H,2,10,14-15,19H2,1H3. The van der Waals surface area contributed by atoms with E-state index in [1.54, 1.807) is 0 Å². The molecule has 2 N–H and O–H groups in total. The lowest BCUT2D eigenvalue weighted by molar-refractivity contribution is 0.271. The Morgan fingerprint density at radius 1 is 1.10 bits per heavy atom. The fourth-order valence-corrected chi connectivity index (χ4v) is 2.18. The lowest BCUT2D eigenvalue weighted by atomic mass is 10.1. The molecular formula is C18H21N3. The number of nitrogens with zero attached hydrogens (tertiary/aromatic N) is 2. The molecule has 0 saturated heterocycles. The monoisotopic (exact) mass is 279 g/mol. The molecule has 1 heterocycles. The molecule has 1 aromatic carbocycles. The lowest BCUT2D eigenvalue weighted by Gasteiger charge is -2.20. The summed E-state index contributed by atoms with van der Waals surface area (Å²) in [6.07, 6.45) is 3.68. The summed E-state index contributed by atoms with van der Waals surface area (Å²) in [6.45, 7) is 5.42. The highest BCUT2D eigenvalue weighted by Gasteiger charge is 2.05. The van der Waals surface area contributed by atoms with Gasteiger partial charge in [-0.05, 0) is 41.9 Å². The molecule has 3 heteroatoms. The average molecular weight is 279 g/mol. The molecule has 0 amide bonds. The summed E-state index contributed by atoms with van der Waals surface area (Å²) in [4.78, 5) is 6.45. The number of rotatable bonds is 5. The van der Waals surface area contributed by atoms with E-state index < -0.39 is 0 Å². The van der Waals surface area contributed by atoms with Gasteiger partial charge in [-0.3, -0.25) is 9.88 Å². The van der Waals surface area contributed by atoms with Gasteiger partial charge in [0, 0.05) is 31.0 Å². The molecule has 0 atom stereocenters. The van der Waals surface area contributed by atoms with Crippen LogP contribution in [0.3, 0.4) is 0 Å². The Balaban J connectivity index is 2.04. The number of aromatic nitrogens is 1. The largest absolute Gasteiger partial charge is 0.320 e. The van der Waals surface area contributed by atoms with Crippen LogP contribution in [0.25, 0.3) is 0 Å². The van der Waals surface area contributed by atoms with Crippen molar-refractivity contribution in [3.05, 3.63) is 65.5 Å². The first-order valence-electron chi connectivity index (χ1n) is 7.21. The van der Waals surface area contributed by atoms with Crippen molar-refractivity contribution < 1.29 is 0 Å². The number of hydrogen-bond donors (Lipinski definition) is 1. The van der Waals surface area contributed by atoms with E-state index in [-0.39, 0.29) is 0 Å². The molecule has 2 rings (SSSR count). The van der Waals surface area contributed by atoms with E-state index in [9.17, 15) is 0 Å². The lowest BCUT2D eigenvalue weighted by Crippen LogP contribution is -2.22. The third-order valence-electron chi connectivity index (χ3n) is 3.27. The van der Waals surface area contributed by atoms with Gasteiger partial charge < -0.3 is 5.73 Å². The Morgan fingerprint density at radius 3 is 2.57 bits per heavy atom. The van der Waals surface area contributed by atoms with E-state index in [1.807, 2.05) is 18.5 Å². The Labute approximate surface area is 126 Å². The minimum Gasteiger partial charge on any atom is -0.320 e. The van der Waals surface area contributed by atoms with Gasteiger partial charge in [-0.15, -0.1) is 0 Å². The predicted octanol–water partition coefficient (Wildman–Crippen LogP) is 2.41. The summed E-state index contributed by atoms with van der Waals surface area (Å²) >= 11 is 0. The number of pyridine rings is 1. The summed E-state index contributed by atoms with van der Waals surface area (Å²) in [7, 11) is 0. The van der Waals surface area contributed by atoms with Gasteiger partial charge in [0.2, 0.25) is 0 Å². The molecule has 0 radical (unpaired) electrons. The van der Waals surface area contributed by atoms with E-state index in [0.717, 1.165) is 25.2 Å². The molecule has 0 unspecified atom stereocenters. The van der Waals surface area contributed by atoms with Crippen LogP contribution in [0, 0.1) is 11.8 Å². The molecule has 0 saturated carbocycles. The van der Waals surface area contributed by atoms with Crippen LogP contribution < -0.4 is 5.73 Å². The second kappa shape index (κ2) is 8.21. The van der Waals surface area contributed by atoms with Gasteiger partial charge in [0.15, 0.2) is 0 Å². The van der Waals surface area contributed by atoms with E-state index in [4.69, 9.17) is 5.73 Å². The molecule has 0 aliphatic heterocycles. The van der Waals surface area contributed by atoms with Gasteiger partial charge in [-0.1, -0.05) is 30.9 Å². The van der Waals surface area contributed by atoms with Crippen molar-refractivity contribution >= 4 is 0 Å². The van der Waals surface area contributed by atoms with Gasteiger partial charge >= 0.3 is 0 Å². The number of nitrogens with two attached hydrogens (primary N) is 1. The highest BCUT2D eigenvalue weighted by atomic mass is 15.1. The zero-order valence-electron chi connectivity index (χ0n) is 12.4. The second-order valence-electron chi connectivity index (χ2n) is 4.87. The van der Waals surface area contributed by atoms with Gasteiger partial charge in [-0.25, -0.2) is 0 Å². The van der Waals surface area contributed by atoms with Crippen molar-refractivity contribution in [2.45, 2.75) is 20.0 Å². The fourth-order valence-electron chi connectivity index (χ4n) is 2.18. The van der Waals surface area contributed by atoms with Crippen LogP contribution in [-0.2, 0) is 13.1 Å². The summed E-state index contributed by atoms with van der Waals surface area (Å²) in [6, 6.07) is 12.5. The van der Waals surface area contributed by atoms with E-state index in [0.29, 0.717) is 6.54 Å². The SMILES string of the molecule is CCN(Cc1ccncc1)Cc1cccc(C#CCN)c1. The van der Waals surface area contributed by atoms with Crippen molar-refractivity contribution in [1.82, 2.24) is 9.88 Å². The molecule has 108 valence electrons. The molecular weight excluding hydrogens is 258 g/mol. The average Bonchev–Trinajstić information content (AvgIpc) is 2.53. The van der Waals surface area contributed by atoms with Gasteiger partial charge in [0.1, 0.15) is 0 Å². The third-order valence-corrected chi connectivity index (χ3v) is 3.27. The van der Waals surface area contributed by atoms with Crippen molar-refractivity contribution in [2.24, 2.45) is 5.73 Å². The van der Waals surface area contributed by atoms with Crippen LogP contribution in [0.5, 0.6) is 0 Å². The van der Waals surface area contributed by atoms with Crippen LogP contribution in [0.15, 0.2) is 48.8 Å². The Hall–Kier alpha value is -2.15. The maximum Gasteiger partial charge on any atom is 0.0555 e. The van der Waals surface area contributed by atoms with Crippen molar-refractivity contribution in [3.63, 3.8) is 0 Å². The quantitative estimate of drug-likeness (QED) is 0.855. The minimum absolute atomic E-state index is 0.396. The first-order valence-corrected chi connectivity index (χ1v) is 7.21. The molecule has 1 aromatic heterocycles. The Bertz CT molecular complexity index is 611. The first-order chi connectivity index (χ1) is 10.3. The summed E-state index contributed by atoms with van der Waals surface area (Å²) in [5.74, 6) is 5.98. The molecule has 0 aliphatic rings. The normalized spacial score (nSPS) is 10.2. The maximum absolute atomic E-state index is 5.42. The molecule has 21 heavy (non-hydrogen) atoms. The highest BCUT2D eigenvalue weighted by molar-refractivity contribution is 5.37. The first kappa shape index (κ1) is 15.2. The molecule has 2 aromatic rings. The predicted molar refractivity (Wildman–Crippen MR) is 86.4 cm³/mol. The molecule has 0 aliphatic carbocycles. The van der Waals surface area contributed by atoms with Crippen LogP contribution in [0.1, 0.15) is 23.6 Å². The van der Waals surface area contributed by atoms with Crippen LogP contribution in [0.2, 0.25) is 0 Å². The fraction of sp³-hybridized carbons (Fsp3) is 0.278.